The van der Waals surface area contributed by atoms with Crippen molar-refractivity contribution < 1.29 is 5.11 Å². The lowest BCUT2D eigenvalue weighted by molar-refractivity contribution is 0.169. The van der Waals surface area contributed by atoms with Crippen LogP contribution in [-0.2, 0) is 13.1 Å². The summed E-state index contributed by atoms with van der Waals surface area (Å²) in [5, 5.41) is 16.2. The smallest absolute Gasteiger partial charge is 0.250 e. The second-order valence-electron chi connectivity index (χ2n) is 7.71. The van der Waals surface area contributed by atoms with Gasteiger partial charge in [-0.2, -0.15) is 0 Å². The summed E-state index contributed by atoms with van der Waals surface area (Å²) in [5.74, 6) is 0.793. The molecule has 0 atom stereocenters. The molecule has 0 aliphatic heterocycles. The fourth-order valence-corrected chi connectivity index (χ4v) is 3.50. The van der Waals surface area contributed by atoms with Gasteiger partial charge < -0.3 is 20.3 Å². The zero-order valence-corrected chi connectivity index (χ0v) is 18.5. The Morgan fingerprint density at radius 3 is 2.33 bits per heavy atom. The van der Waals surface area contributed by atoms with Gasteiger partial charge in [-0.3, -0.25) is 4.79 Å². The molecule has 2 aromatic rings. The minimum Gasteiger partial charge on any atom is -0.396 e. The Morgan fingerprint density at radius 1 is 1.03 bits per heavy atom. The van der Waals surface area contributed by atoms with E-state index in [-0.39, 0.29) is 17.6 Å². The SMILES string of the molecule is CCNC(=NCc1ccc(Cn2ccccc2=O)cc1)NCC(CC)(CC)CCO. The summed E-state index contributed by atoms with van der Waals surface area (Å²) in [6.45, 7) is 9.34. The van der Waals surface area contributed by atoms with E-state index >= 15 is 0 Å². The average molecular weight is 413 g/mol. The fraction of sp³-hybridized carbons (Fsp3) is 0.500. The molecule has 1 aromatic heterocycles. The third-order valence-electron chi connectivity index (χ3n) is 5.81. The van der Waals surface area contributed by atoms with Gasteiger partial charge in [-0.05, 0) is 48.8 Å². The van der Waals surface area contributed by atoms with Gasteiger partial charge in [-0.15, -0.1) is 0 Å². The Labute approximate surface area is 180 Å². The van der Waals surface area contributed by atoms with Crippen molar-refractivity contribution in [3.8, 4) is 0 Å². The molecule has 0 aliphatic carbocycles. The van der Waals surface area contributed by atoms with Crippen molar-refractivity contribution in [1.29, 1.82) is 0 Å². The predicted octanol–water partition coefficient (Wildman–Crippen LogP) is 3.14. The Balaban J connectivity index is 2.00. The largest absolute Gasteiger partial charge is 0.396 e. The highest BCUT2D eigenvalue weighted by Gasteiger charge is 2.25. The van der Waals surface area contributed by atoms with E-state index in [9.17, 15) is 9.90 Å². The van der Waals surface area contributed by atoms with Crippen LogP contribution in [0.3, 0.4) is 0 Å². The van der Waals surface area contributed by atoms with E-state index in [0.717, 1.165) is 49.4 Å². The van der Waals surface area contributed by atoms with Crippen molar-refractivity contribution in [2.75, 3.05) is 19.7 Å². The zero-order valence-electron chi connectivity index (χ0n) is 18.5. The van der Waals surface area contributed by atoms with Crippen LogP contribution in [0.15, 0.2) is 58.4 Å². The summed E-state index contributed by atoms with van der Waals surface area (Å²) >= 11 is 0. The number of aliphatic hydroxyl groups excluding tert-OH is 1. The van der Waals surface area contributed by atoms with Crippen LogP contribution in [0.25, 0.3) is 0 Å². The van der Waals surface area contributed by atoms with Crippen LogP contribution in [-0.4, -0.2) is 35.3 Å². The maximum absolute atomic E-state index is 11.9. The number of hydrogen-bond acceptors (Lipinski definition) is 3. The van der Waals surface area contributed by atoms with Gasteiger partial charge in [0, 0.05) is 32.0 Å². The molecule has 0 amide bonds. The number of benzene rings is 1. The first-order valence-electron chi connectivity index (χ1n) is 10.9. The first-order valence-corrected chi connectivity index (χ1v) is 10.9. The average Bonchev–Trinajstić information content (AvgIpc) is 2.77. The molecule has 3 N–H and O–H groups in total. The molecule has 0 saturated heterocycles. The van der Waals surface area contributed by atoms with Gasteiger partial charge in [-0.1, -0.05) is 44.2 Å². The number of aliphatic hydroxyl groups is 1. The summed E-state index contributed by atoms with van der Waals surface area (Å²) in [5.41, 5.74) is 2.29. The molecule has 0 bridgehead atoms. The van der Waals surface area contributed by atoms with E-state index in [1.807, 2.05) is 18.2 Å². The number of pyridine rings is 1. The van der Waals surface area contributed by atoms with Crippen molar-refractivity contribution >= 4 is 5.96 Å². The number of hydrogen-bond donors (Lipinski definition) is 3. The van der Waals surface area contributed by atoms with Gasteiger partial charge in [0.25, 0.3) is 5.56 Å². The topological polar surface area (TPSA) is 78.7 Å². The Kier molecular flexibility index (Phi) is 9.61. The lowest BCUT2D eigenvalue weighted by Gasteiger charge is -2.32. The number of guanidine groups is 1. The van der Waals surface area contributed by atoms with Gasteiger partial charge in [0.1, 0.15) is 0 Å². The van der Waals surface area contributed by atoms with Crippen LogP contribution in [0.1, 0.15) is 51.2 Å². The molecular weight excluding hydrogens is 376 g/mol. The first-order chi connectivity index (χ1) is 14.6. The maximum Gasteiger partial charge on any atom is 0.250 e. The van der Waals surface area contributed by atoms with Gasteiger partial charge in [0.2, 0.25) is 0 Å². The molecule has 1 aromatic carbocycles. The Morgan fingerprint density at radius 2 is 1.73 bits per heavy atom. The van der Waals surface area contributed by atoms with Crippen molar-refractivity contribution in [1.82, 2.24) is 15.2 Å². The van der Waals surface area contributed by atoms with Crippen LogP contribution in [0.4, 0.5) is 0 Å². The minimum atomic E-state index is 0.00367. The summed E-state index contributed by atoms with van der Waals surface area (Å²) in [6, 6.07) is 13.4. The normalized spacial score (nSPS) is 12.1. The van der Waals surface area contributed by atoms with Crippen molar-refractivity contribution in [2.45, 2.75) is 53.1 Å². The first kappa shape index (κ1) is 23.7. The number of nitrogens with zero attached hydrogens (tertiary/aromatic N) is 2. The summed E-state index contributed by atoms with van der Waals surface area (Å²) in [6.07, 6.45) is 4.63. The molecule has 30 heavy (non-hydrogen) atoms. The molecule has 0 unspecified atom stereocenters. The van der Waals surface area contributed by atoms with Crippen molar-refractivity contribution in [2.24, 2.45) is 10.4 Å². The second-order valence-corrected chi connectivity index (χ2v) is 7.71. The van der Waals surface area contributed by atoms with Gasteiger partial charge >= 0.3 is 0 Å². The third kappa shape index (κ3) is 7.02. The van der Waals surface area contributed by atoms with E-state index in [0.29, 0.717) is 13.1 Å². The lowest BCUT2D eigenvalue weighted by atomic mass is 9.79. The number of rotatable bonds is 11. The molecule has 164 valence electrons. The molecule has 6 nitrogen and oxygen atoms in total. The third-order valence-corrected chi connectivity index (χ3v) is 5.81. The van der Waals surface area contributed by atoms with Crippen LogP contribution >= 0.6 is 0 Å². The summed E-state index contributed by atoms with van der Waals surface area (Å²) in [7, 11) is 0. The highest BCUT2D eigenvalue weighted by molar-refractivity contribution is 5.79. The van der Waals surface area contributed by atoms with E-state index in [2.05, 4.69) is 43.5 Å². The highest BCUT2D eigenvalue weighted by atomic mass is 16.3. The minimum absolute atomic E-state index is 0.00367. The highest BCUT2D eigenvalue weighted by Crippen LogP contribution is 2.29. The van der Waals surface area contributed by atoms with Crippen molar-refractivity contribution in [3.05, 3.63) is 70.1 Å². The molecule has 6 heteroatoms. The number of aliphatic imine (C=N–C) groups is 1. The van der Waals surface area contributed by atoms with E-state index in [1.165, 1.54) is 0 Å². The quantitative estimate of drug-likeness (QED) is 0.391. The zero-order chi connectivity index (χ0) is 21.8. The molecular formula is C24H36N4O2. The summed E-state index contributed by atoms with van der Waals surface area (Å²) in [4.78, 5) is 16.6. The molecule has 1 heterocycles. The molecule has 2 rings (SSSR count). The van der Waals surface area contributed by atoms with Gasteiger partial charge in [-0.25, -0.2) is 4.99 Å². The summed E-state index contributed by atoms with van der Waals surface area (Å²) < 4.78 is 1.69. The molecule has 0 saturated carbocycles. The fourth-order valence-electron chi connectivity index (χ4n) is 3.50. The van der Waals surface area contributed by atoms with E-state index in [4.69, 9.17) is 4.99 Å². The lowest BCUT2D eigenvalue weighted by Crippen LogP contribution is -2.43. The van der Waals surface area contributed by atoms with Gasteiger partial charge in [0.15, 0.2) is 5.96 Å². The molecule has 0 fully saturated rings. The van der Waals surface area contributed by atoms with Crippen LogP contribution in [0, 0.1) is 5.41 Å². The number of aromatic nitrogens is 1. The van der Waals surface area contributed by atoms with Crippen LogP contribution < -0.4 is 16.2 Å². The van der Waals surface area contributed by atoms with Gasteiger partial charge in [0.05, 0.1) is 13.1 Å². The molecule has 0 spiro atoms. The Hall–Kier alpha value is -2.60. The second kappa shape index (κ2) is 12.2. The maximum atomic E-state index is 11.9. The van der Waals surface area contributed by atoms with Crippen molar-refractivity contribution in [3.63, 3.8) is 0 Å². The van der Waals surface area contributed by atoms with Crippen LogP contribution in [0.2, 0.25) is 0 Å². The van der Waals surface area contributed by atoms with Crippen LogP contribution in [0.5, 0.6) is 0 Å². The molecule has 0 radical (unpaired) electrons. The standard InChI is InChI=1S/C24H36N4O2/c1-4-24(5-2,14-16-29)19-27-23(25-6-3)26-17-20-10-12-21(13-11-20)18-28-15-8-7-9-22(28)30/h7-13,15,29H,4-6,14,16-19H2,1-3H3,(H2,25,26,27). The predicted molar refractivity (Wildman–Crippen MR) is 124 cm³/mol. The number of nitrogens with one attached hydrogen (secondary N) is 2. The Bertz CT molecular complexity index is 839. The monoisotopic (exact) mass is 412 g/mol. The van der Waals surface area contributed by atoms with E-state index in [1.54, 1.807) is 22.9 Å². The van der Waals surface area contributed by atoms with E-state index < -0.39 is 0 Å². The molecule has 0 aliphatic rings.